The highest BCUT2D eigenvalue weighted by atomic mass is 16.5. The van der Waals surface area contributed by atoms with E-state index in [9.17, 15) is 0 Å². The second-order valence-corrected chi connectivity index (χ2v) is 8.29. The minimum atomic E-state index is 0.541. The fourth-order valence-corrected chi connectivity index (χ4v) is 4.54. The number of morpholine rings is 1. The van der Waals surface area contributed by atoms with Gasteiger partial charge < -0.3 is 20.3 Å². The Morgan fingerprint density at radius 1 is 1.00 bits per heavy atom. The van der Waals surface area contributed by atoms with Crippen molar-refractivity contribution in [2.45, 2.75) is 32.0 Å². The number of anilines is 1. The maximum Gasteiger partial charge on any atom is 0.191 e. The van der Waals surface area contributed by atoms with Crippen LogP contribution in [-0.4, -0.2) is 63.3 Å². The van der Waals surface area contributed by atoms with Crippen LogP contribution >= 0.6 is 0 Å². The molecule has 2 aromatic rings. The number of rotatable bonds is 7. The van der Waals surface area contributed by atoms with Gasteiger partial charge in [-0.15, -0.1) is 0 Å². The summed E-state index contributed by atoms with van der Waals surface area (Å²) in [5, 5.41) is 7.08. The molecule has 0 bridgehead atoms. The summed E-state index contributed by atoms with van der Waals surface area (Å²) in [5.74, 6) is 0.864. The molecule has 0 spiro atoms. The number of guanidine groups is 1. The lowest BCUT2D eigenvalue weighted by Crippen LogP contribution is -2.44. The molecule has 2 N–H and O–H groups in total. The summed E-state index contributed by atoms with van der Waals surface area (Å²) >= 11 is 0. The summed E-state index contributed by atoms with van der Waals surface area (Å²) in [6.45, 7) is 7.35. The third-order valence-corrected chi connectivity index (χ3v) is 6.25. The lowest BCUT2D eigenvalue weighted by molar-refractivity contribution is 0.122. The van der Waals surface area contributed by atoms with E-state index in [4.69, 9.17) is 4.74 Å². The van der Waals surface area contributed by atoms with E-state index in [2.05, 4.69) is 80.0 Å². The van der Waals surface area contributed by atoms with Crippen LogP contribution in [0.1, 0.15) is 24.0 Å². The highest BCUT2D eigenvalue weighted by molar-refractivity contribution is 5.79. The minimum absolute atomic E-state index is 0.541. The van der Waals surface area contributed by atoms with Gasteiger partial charge in [0.1, 0.15) is 0 Å². The van der Waals surface area contributed by atoms with Crippen LogP contribution in [0.3, 0.4) is 0 Å². The van der Waals surface area contributed by atoms with Gasteiger partial charge in [0.2, 0.25) is 0 Å². The van der Waals surface area contributed by atoms with Gasteiger partial charge in [-0.1, -0.05) is 48.5 Å². The van der Waals surface area contributed by atoms with Crippen LogP contribution in [0, 0.1) is 0 Å². The molecule has 2 heterocycles. The molecule has 0 radical (unpaired) electrons. The zero-order valence-corrected chi connectivity index (χ0v) is 18.6. The maximum atomic E-state index is 5.51. The van der Waals surface area contributed by atoms with Crippen molar-refractivity contribution in [3.63, 3.8) is 0 Å². The Morgan fingerprint density at radius 2 is 1.77 bits per heavy atom. The molecule has 2 saturated heterocycles. The fraction of sp³-hybridized carbons (Fsp3) is 0.480. The molecule has 0 aliphatic carbocycles. The van der Waals surface area contributed by atoms with Crippen molar-refractivity contribution in [1.29, 1.82) is 0 Å². The highest BCUT2D eigenvalue weighted by Crippen LogP contribution is 2.22. The van der Waals surface area contributed by atoms with Crippen molar-refractivity contribution in [1.82, 2.24) is 15.5 Å². The van der Waals surface area contributed by atoms with Crippen molar-refractivity contribution < 1.29 is 4.74 Å². The highest BCUT2D eigenvalue weighted by Gasteiger charge is 2.24. The normalized spacial score (nSPS) is 20.1. The Bertz CT molecular complexity index is 835. The second-order valence-electron chi connectivity index (χ2n) is 8.29. The van der Waals surface area contributed by atoms with Gasteiger partial charge in [-0.25, -0.2) is 0 Å². The molecule has 166 valence electrons. The quantitative estimate of drug-likeness (QED) is 0.532. The van der Waals surface area contributed by atoms with Gasteiger partial charge in [-0.3, -0.25) is 9.89 Å². The first-order valence-corrected chi connectivity index (χ1v) is 11.5. The van der Waals surface area contributed by atoms with E-state index >= 15 is 0 Å². The lowest BCUT2D eigenvalue weighted by atomic mass is 10.1. The van der Waals surface area contributed by atoms with Gasteiger partial charge in [0.05, 0.1) is 13.2 Å². The van der Waals surface area contributed by atoms with Crippen LogP contribution in [-0.2, 0) is 17.8 Å². The number of ether oxygens (including phenoxy) is 1. The van der Waals surface area contributed by atoms with E-state index in [0.29, 0.717) is 6.04 Å². The van der Waals surface area contributed by atoms with Crippen molar-refractivity contribution >= 4 is 11.6 Å². The summed E-state index contributed by atoms with van der Waals surface area (Å²) in [4.78, 5) is 9.46. The van der Waals surface area contributed by atoms with E-state index in [1.165, 1.54) is 36.2 Å². The summed E-state index contributed by atoms with van der Waals surface area (Å²) in [7, 11) is 1.85. The topological polar surface area (TPSA) is 52.1 Å². The van der Waals surface area contributed by atoms with Crippen molar-refractivity contribution in [3.05, 3.63) is 65.7 Å². The third-order valence-electron chi connectivity index (χ3n) is 6.25. The molecule has 0 amide bonds. The van der Waals surface area contributed by atoms with Crippen molar-refractivity contribution in [2.75, 3.05) is 51.3 Å². The predicted octanol–water partition coefficient (Wildman–Crippen LogP) is 2.85. The van der Waals surface area contributed by atoms with Gasteiger partial charge in [-0.2, -0.15) is 0 Å². The Balaban J connectivity index is 1.29. The first kappa shape index (κ1) is 21.7. The lowest BCUT2D eigenvalue weighted by Gasteiger charge is -2.31. The SMILES string of the molecule is CN=C(NCc1ccccc1N1CCOCC1)NCC1CCCN1Cc1ccccc1. The number of nitrogens with zero attached hydrogens (tertiary/aromatic N) is 3. The molecule has 6 nitrogen and oxygen atoms in total. The third kappa shape index (κ3) is 5.99. The fourth-order valence-electron chi connectivity index (χ4n) is 4.54. The van der Waals surface area contributed by atoms with E-state index in [1.807, 2.05) is 7.05 Å². The van der Waals surface area contributed by atoms with Crippen molar-refractivity contribution in [2.24, 2.45) is 4.99 Å². The molecule has 4 rings (SSSR count). The average molecular weight is 422 g/mol. The first-order chi connectivity index (χ1) is 15.3. The number of nitrogens with one attached hydrogen (secondary N) is 2. The molecule has 31 heavy (non-hydrogen) atoms. The molecule has 2 fully saturated rings. The Morgan fingerprint density at radius 3 is 2.58 bits per heavy atom. The molecule has 2 aliphatic rings. The molecule has 2 aliphatic heterocycles. The standard InChI is InChI=1S/C25H35N5O/c1-26-25(27-18-22-10-5-6-12-24(22)29-14-16-31-17-15-29)28-19-23-11-7-13-30(23)20-21-8-3-2-4-9-21/h2-6,8-10,12,23H,7,11,13-20H2,1H3,(H2,26,27,28). The number of likely N-dealkylation sites (tertiary alicyclic amines) is 1. The number of aliphatic imine (C=N–C) groups is 1. The van der Waals surface area contributed by atoms with Crippen LogP contribution in [0.25, 0.3) is 0 Å². The van der Waals surface area contributed by atoms with E-state index in [0.717, 1.165) is 51.9 Å². The summed E-state index contributed by atoms with van der Waals surface area (Å²) in [6.07, 6.45) is 2.49. The molecule has 0 aromatic heterocycles. The first-order valence-electron chi connectivity index (χ1n) is 11.5. The zero-order valence-electron chi connectivity index (χ0n) is 18.6. The van der Waals surface area contributed by atoms with Gasteiger partial charge in [0, 0.05) is 51.5 Å². The van der Waals surface area contributed by atoms with Crippen LogP contribution in [0.5, 0.6) is 0 Å². The van der Waals surface area contributed by atoms with Gasteiger partial charge in [-0.05, 0) is 36.6 Å². The number of benzene rings is 2. The number of hydrogen-bond acceptors (Lipinski definition) is 4. The number of para-hydroxylation sites is 1. The van der Waals surface area contributed by atoms with E-state index < -0.39 is 0 Å². The Hall–Kier alpha value is -2.57. The molecule has 0 saturated carbocycles. The predicted molar refractivity (Wildman–Crippen MR) is 128 cm³/mol. The van der Waals surface area contributed by atoms with Crippen LogP contribution in [0.15, 0.2) is 59.6 Å². The summed E-state index contributed by atoms with van der Waals surface area (Å²) in [5.41, 5.74) is 3.97. The summed E-state index contributed by atoms with van der Waals surface area (Å²) in [6, 6.07) is 19.9. The average Bonchev–Trinajstić information content (AvgIpc) is 3.27. The van der Waals surface area contributed by atoms with E-state index in [-0.39, 0.29) is 0 Å². The maximum absolute atomic E-state index is 5.51. The second kappa shape index (κ2) is 11.2. The molecular weight excluding hydrogens is 386 g/mol. The van der Waals surface area contributed by atoms with Crippen molar-refractivity contribution in [3.8, 4) is 0 Å². The van der Waals surface area contributed by atoms with Crippen LogP contribution < -0.4 is 15.5 Å². The van der Waals surface area contributed by atoms with Crippen LogP contribution in [0.2, 0.25) is 0 Å². The largest absolute Gasteiger partial charge is 0.378 e. The van der Waals surface area contributed by atoms with Gasteiger partial charge >= 0.3 is 0 Å². The van der Waals surface area contributed by atoms with E-state index in [1.54, 1.807) is 0 Å². The summed E-state index contributed by atoms with van der Waals surface area (Å²) < 4.78 is 5.51. The Labute approximate surface area is 186 Å². The molecule has 1 atom stereocenters. The molecule has 1 unspecified atom stereocenters. The smallest absolute Gasteiger partial charge is 0.191 e. The molecule has 6 heteroatoms. The van der Waals surface area contributed by atoms with Gasteiger partial charge in [0.25, 0.3) is 0 Å². The number of hydrogen-bond donors (Lipinski definition) is 2. The minimum Gasteiger partial charge on any atom is -0.378 e. The van der Waals surface area contributed by atoms with Crippen LogP contribution in [0.4, 0.5) is 5.69 Å². The van der Waals surface area contributed by atoms with Gasteiger partial charge in [0.15, 0.2) is 5.96 Å². The monoisotopic (exact) mass is 421 g/mol. The zero-order chi connectivity index (χ0) is 21.3. The molecule has 2 aromatic carbocycles. The Kier molecular flexibility index (Phi) is 7.80. The molecular formula is C25H35N5O.